The van der Waals surface area contributed by atoms with Crippen LogP contribution in [0.2, 0.25) is 5.02 Å². The van der Waals surface area contributed by atoms with Crippen molar-refractivity contribution in [2.24, 2.45) is 0 Å². The lowest BCUT2D eigenvalue weighted by atomic mass is 10.3. The molecular formula is C10H5ClF4N2S. The normalized spacial score (nSPS) is 11.8. The topological polar surface area (TPSA) is 20.7 Å². The van der Waals surface area contributed by atoms with Gasteiger partial charge in [-0.25, -0.2) is 9.07 Å². The van der Waals surface area contributed by atoms with Crippen LogP contribution in [0.5, 0.6) is 0 Å². The van der Waals surface area contributed by atoms with E-state index in [1.807, 2.05) is 0 Å². The first-order valence-electron chi connectivity index (χ1n) is 4.64. The van der Waals surface area contributed by atoms with Gasteiger partial charge in [-0.3, -0.25) is 5.10 Å². The predicted molar refractivity (Wildman–Crippen MR) is 60.9 cm³/mol. The zero-order valence-electron chi connectivity index (χ0n) is 8.55. The highest BCUT2D eigenvalue weighted by Crippen LogP contribution is 2.28. The third kappa shape index (κ3) is 2.41. The third-order valence-electron chi connectivity index (χ3n) is 2.19. The average molecular weight is 297 g/mol. The molecule has 1 heterocycles. The van der Waals surface area contributed by atoms with E-state index in [4.69, 9.17) is 23.8 Å². The average Bonchev–Trinajstić information content (AvgIpc) is 2.64. The lowest BCUT2D eigenvalue weighted by Gasteiger charge is -2.05. The van der Waals surface area contributed by atoms with Gasteiger partial charge < -0.3 is 0 Å². The van der Waals surface area contributed by atoms with Crippen LogP contribution in [0.25, 0.3) is 5.69 Å². The molecule has 1 N–H and O–H groups in total. The van der Waals surface area contributed by atoms with Gasteiger partial charge in [-0.2, -0.15) is 13.2 Å². The van der Waals surface area contributed by atoms with Crippen LogP contribution in [0.15, 0.2) is 24.3 Å². The van der Waals surface area contributed by atoms with Gasteiger partial charge in [0.2, 0.25) is 0 Å². The second kappa shape index (κ2) is 4.40. The minimum atomic E-state index is -4.54. The second-order valence-electron chi connectivity index (χ2n) is 3.44. The molecule has 96 valence electrons. The van der Waals surface area contributed by atoms with E-state index in [9.17, 15) is 17.6 Å². The first-order chi connectivity index (χ1) is 8.29. The highest BCUT2D eigenvalue weighted by Gasteiger charge is 2.33. The fourth-order valence-electron chi connectivity index (χ4n) is 1.36. The molecule has 0 aliphatic rings. The van der Waals surface area contributed by atoms with Crippen molar-refractivity contribution in [3.05, 3.63) is 45.4 Å². The second-order valence-corrected chi connectivity index (χ2v) is 4.27. The first-order valence-corrected chi connectivity index (χ1v) is 5.42. The van der Waals surface area contributed by atoms with Crippen molar-refractivity contribution >= 4 is 23.8 Å². The number of nitrogens with zero attached hydrogens (tertiary/aromatic N) is 1. The largest absolute Gasteiger partial charge is 0.432 e. The van der Waals surface area contributed by atoms with Crippen LogP contribution in [0.3, 0.4) is 0 Å². The quantitative estimate of drug-likeness (QED) is 0.613. The van der Waals surface area contributed by atoms with Gasteiger partial charge in [-0.1, -0.05) is 23.8 Å². The van der Waals surface area contributed by atoms with E-state index >= 15 is 0 Å². The highest BCUT2D eigenvalue weighted by molar-refractivity contribution is 7.71. The smallest absolute Gasteiger partial charge is 0.288 e. The Hall–Kier alpha value is -1.34. The molecule has 0 saturated carbocycles. The zero-order valence-corrected chi connectivity index (χ0v) is 10.1. The van der Waals surface area contributed by atoms with Gasteiger partial charge in [0, 0.05) is 12.1 Å². The van der Waals surface area contributed by atoms with Gasteiger partial charge in [-0.05, 0) is 12.1 Å². The Labute approximate surface area is 109 Å². The van der Waals surface area contributed by atoms with Gasteiger partial charge in [0.05, 0.1) is 10.7 Å². The minimum Gasteiger partial charge on any atom is -0.288 e. The Kier molecular flexibility index (Phi) is 3.20. The number of halogens is 5. The fraction of sp³-hybridized carbons (Fsp3) is 0.100. The number of H-pyrrole nitrogens is 1. The number of nitrogens with one attached hydrogen (secondary N) is 1. The molecule has 0 fully saturated rings. The molecule has 0 atom stereocenters. The van der Waals surface area contributed by atoms with Gasteiger partial charge in [0.1, 0.15) is 16.2 Å². The maximum atomic E-state index is 13.2. The SMILES string of the molecule is Fc1cc(-n2[nH]c(C(F)(F)F)cc2=S)ccc1Cl. The van der Waals surface area contributed by atoms with Gasteiger partial charge in [0.25, 0.3) is 0 Å². The maximum Gasteiger partial charge on any atom is 0.432 e. The molecule has 0 aliphatic carbocycles. The summed E-state index contributed by atoms with van der Waals surface area (Å²) >= 11 is 10.3. The van der Waals surface area contributed by atoms with Crippen LogP contribution >= 0.6 is 23.8 Å². The fourth-order valence-corrected chi connectivity index (χ4v) is 1.74. The van der Waals surface area contributed by atoms with Crippen LogP contribution in [0.4, 0.5) is 17.6 Å². The number of alkyl halides is 3. The lowest BCUT2D eigenvalue weighted by Crippen LogP contribution is -2.07. The summed E-state index contributed by atoms with van der Waals surface area (Å²) in [5.74, 6) is -0.737. The first kappa shape index (κ1) is 13.1. The van der Waals surface area contributed by atoms with Gasteiger partial charge >= 0.3 is 6.18 Å². The summed E-state index contributed by atoms with van der Waals surface area (Å²) in [5.41, 5.74) is -0.861. The molecule has 0 radical (unpaired) electrons. The summed E-state index contributed by atoms with van der Waals surface area (Å²) in [5, 5.41) is 1.94. The molecule has 1 aromatic heterocycles. The van der Waals surface area contributed by atoms with E-state index in [1.165, 1.54) is 12.1 Å². The number of benzene rings is 1. The van der Waals surface area contributed by atoms with E-state index in [0.717, 1.165) is 16.8 Å². The summed E-state index contributed by atoms with van der Waals surface area (Å²) < 4.78 is 51.4. The number of hydrogen-bond donors (Lipinski definition) is 1. The van der Waals surface area contributed by atoms with E-state index in [1.54, 1.807) is 0 Å². The summed E-state index contributed by atoms with van der Waals surface area (Å²) in [4.78, 5) is 0. The molecule has 1 aromatic carbocycles. The van der Waals surface area contributed by atoms with Crippen molar-refractivity contribution < 1.29 is 17.6 Å². The predicted octanol–water partition coefficient (Wildman–Crippen LogP) is 4.35. The number of hydrogen-bond acceptors (Lipinski definition) is 1. The Morgan fingerprint density at radius 3 is 2.39 bits per heavy atom. The lowest BCUT2D eigenvalue weighted by molar-refractivity contribution is -0.141. The minimum absolute atomic E-state index is 0.107. The van der Waals surface area contributed by atoms with Crippen LogP contribution in [0, 0.1) is 10.5 Å². The van der Waals surface area contributed by atoms with Gasteiger partial charge in [-0.15, -0.1) is 0 Å². The monoisotopic (exact) mass is 296 g/mol. The number of aromatic nitrogens is 2. The summed E-state index contributed by atoms with van der Waals surface area (Å²) in [6.45, 7) is 0. The molecule has 2 rings (SSSR count). The Bertz CT molecular complexity index is 644. The molecule has 0 unspecified atom stereocenters. The Balaban J connectivity index is 2.55. The summed E-state index contributed by atoms with van der Waals surface area (Å²) in [6.07, 6.45) is -4.54. The van der Waals surface area contributed by atoms with Crippen LogP contribution in [0.1, 0.15) is 5.69 Å². The molecule has 8 heteroatoms. The Morgan fingerprint density at radius 1 is 1.22 bits per heavy atom. The molecule has 0 amide bonds. The Morgan fingerprint density at radius 2 is 1.89 bits per heavy atom. The van der Waals surface area contributed by atoms with Crippen molar-refractivity contribution in [1.82, 2.24) is 9.78 Å². The summed E-state index contributed by atoms with van der Waals surface area (Å²) in [6, 6.07) is 4.36. The van der Waals surface area contributed by atoms with Crippen LogP contribution in [-0.2, 0) is 6.18 Å². The maximum absolute atomic E-state index is 13.2. The molecule has 0 aliphatic heterocycles. The molecule has 0 saturated heterocycles. The van der Waals surface area contributed by atoms with E-state index < -0.39 is 17.7 Å². The highest BCUT2D eigenvalue weighted by atomic mass is 35.5. The molecule has 18 heavy (non-hydrogen) atoms. The van der Waals surface area contributed by atoms with Crippen molar-refractivity contribution in [3.8, 4) is 5.69 Å². The molecule has 0 bridgehead atoms. The van der Waals surface area contributed by atoms with Crippen molar-refractivity contribution in [3.63, 3.8) is 0 Å². The third-order valence-corrected chi connectivity index (χ3v) is 2.79. The van der Waals surface area contributed by atoms with Crippen molar-refractivity contribution in [2.75, 3.05) is 0 Å². The molecular weight excluding hydrogens is 292 g/mol. The zero-order chi connectivity index (χ0) is 13.5. The van der Waals surface area contributed by atoms with Crippen molar-refractivity contribution in [2.45, 2.75) is 6.18 Å². The molecule has 2 aromatic rings. The van der Waals surface area contributed by atoms with E-state index in [-0.39, 0.29) is 15.4 Å². The van der Waals surface area contributed by atoms with E-state index in [0.29, 0.717) is 0 Å². The number of aromatic amines is 1. The standard InChI is InChI=1S/C10H5ClF4N2S/c11-6-2-1-5(3-7(6)12)17-9(18)4-8(16-17)10(13,14)15/h1-4,16H. The van der Waals surface area contributed by atoms with Crippen molar-refractivity contribution in [1.29, 1.82) is 0 Å². The van der Waals surface area contributed by atoms with E-state index in [2.05, 4.69) is 5.10 Å². The summed E-state index contributed by atoms with van der Waals surface area (Å²) in [7, 11) is 0. The number of rotatable bonds is 1. The molecule has 2 nitrogen and oxygen atoms in total. The van der Waals surface area contributed by atoms with Crippen LogP contribution in [-0.4, -0.2) is 9.78 Å². The molecule has 0 spiro atoms. The van der Waals surface area contributed by atoms with Crippen LogP contribution < -0.4 is 0 Å². The van der Waals surface area contributed by atoms with Gasteiger partial charge in [0.15, 0.2) is 0 Å².